The van der Waals surface area contributed by atoms with E-state index in [0.29, 0.717) is 5.56 Å². The monoisotopic (exact) mass is 237 g/mol. The van der Waals surface area contributed by atoms with E-state index in [2.05, 4.69) is 0 Å². The molecule has 0 aliphatic carbocycles. The molecule has 5 nitrogen and oxygen atoms in total. The smallest absolute Gasteiger partial charge is 0.313 e. The molecule has 0 fully saturated rings. The average Bonchev–Trinajstić information content (AvgIpc) is 2.24. The van der Waals surface area contributed by atoms with Gasteiger partial charge in [0.05, 0.1) is 4.92 Å². The van der Waals surface area contributed by atoms with Crippen molar-refractivity contribution in [3.63, 3.8) is 0 Å². The standard InChI is InChI=1S/C12H15NO4/c1-8(2)10(14)7-17-11-6-4-5-9(3)12(11)13(15)16/h4-6,8H,7H2,1-3H3. The summed E-state index contributed by atoms with van der Waals surface area (Å²) < 4.78 is 5.21. The summed E-state index contributed by atoms with van der Waals surface area (Å²) in [6, 6.07) is 4.80. The largest absolute Gasteiger partial charge is 0.479 e. The maximum atomic E-state index is 11.4. The highest BCUT2D eigenvalue weighted by atomic mass is 16.6. The Hall–Kier alpha value is -1.91. The number of para-hydroxylation sites is 1. The van der Waals surface area contributed by atoms with Crippen molar-refractivity contribution in [2.24, 2.45) is 5.92 Å². The molecule has 1 aromatic rings. The number of carbonyl (C=O) groups excluding carboxylic acids is 1. The van der Waals surface area contributed by atoms with E-state index >= 15 is 0 Å². The van der Waals surface area contributed by atoms with Gasteiger partial charge >= 0.3 is 5.69 Å². The number of nitro benzene ring substituents is 1. The molecule has 0 heterocycles. The fraction of sp³-hybridized carbons (Fsp3) is 0.417. The fourth-order valence-electron chi connectivity index (χ4n) is 1.30. The molecular weight excluding hydrogens is 222 g/mol. The molecule has 0 atom stereocenters. The maximum absolute atomic E-state index is 11.4. The predicted molar refractivity (Wildman–Crippen MR) is 63.2 cm³/mol. The van der Waals surface area contributed by atoms with Crippen molar-refractivity contribution in [2.45, 2.75) is 20.8 Å². The summed E-state index contributed by atoms with van der Waals surface area (Å²) in [5.41, 5.74) is 0.438. The zero-order valence-electron chi connectivity index (χ0n) is 10.1. The van der Waals surface area contributed by atoms with Crippen LogP contribution in [-0.2, 0) is 4.79 Å². The van der Waals surface area contributed by atoms with E-state index in [0.717, 1.165) is 0 Å². The molecule has 0 unspecified atom stereocenters. The van der Waals surface area contributed by atoms with Gasteiger partial charge in [-0.15, -0.1) is 0 Å². The molecule has 0 aliphatic heterocycles. The second-order valence-electron chi connectivity index (χ2n) is 4.09. The lowest BCUT2D eigenvalue weighted by Crippen LogP contribution is -2.17. The molecule has 0 saturated carbocycles. The molecular formula is C12H15NO4. The van der Waals surface area contributed by atoms with Crippen LogP contribution in [0.3, 0.4) is 0 Å². The number of carbonyl (C=O) groups is 1. The van der Waals surface area contributed by atoms with Crippen molar-refractivity contribution in [2.75, 3.05) is 6.61 Å². The summed E-state index contributed by atoms with van der Waals surface area (Å²) in [5, 5.41) is 10.9. The van der Waals surface area contributed by atoms with Crippen LogP contribution in [0.2, 0.25) is 0 Å². The molecule has 0 aliphatic rings. The third-order valence-electron chi connectivity index (χ3n) is 2.40. The van der Waals surface area contributed by atoms with Crippen LogP contribution in [0.4, 0.5) is 5.69 Å². The Balaban J connectivity index is 2.88. The zero-order valence-corrected chi connectivity index (χ0v) is 10.1. The highest BCUT2D eigenvalue weighted by Gasteiger charge is 2.19. The molecule has 1 aromatic carbocycles. The number of benzene rings is 1. The number of ketones is 1. The Bertz CT molecular complexity index is 440. The van der Waals surface area contributed by atoms with Crippen molar-refractivity contribution in [3.05, 3.63) is 33.9 Å². The van der Waals surface area contributed by atoms with Crippen LogP contribution in [0.1, 0.15) is 19.4 Å². The third-order valence-corrected chi connectivity index (χ3v) is 2.40. The Labute approximate surface area is 99.5 Å². The number of nitro groups is 1. The average molecular weight is 237 g/mol. The van der Waals surface area contributed by atoms with Gasteiger partial charge in [-0.2, -0.15) is 0 Å². The highest BCUT2D eigenvalue weighted by molar-refractivity contribution is 5.81. The lowest BCUT2D eigenvalue weighted by molar-refractivity contribution is -0.386. The number of nitrogens with zero attached hydrogens (tertiary/aromatic N) is 1. The van der Waals surface area contributed by atoms with E-state index in [1.807, 2.05) is 0 Å². The molecule has 0 aromatic heterocycles. The van der Waals surface area contributed by atoms with Crippen molar-refractivity contribution < 1.29 is 14.5 Å². The van der Waals surface area contributed by atoms with Crippen molar-refractivity contribution in [1.82, 2.24) is 0 Å². The summed E-state index contributed by atoms with van der Waals surface area (Å²) in [7, 11) is 0. The van der Waals surface area contributed by atoms with Gasteiger partial charge in [0.2, 0.25) is 0 Å². The van der Waals surface area contributed by atoms with Gasteiger partial charge in [-0.25, -0.2) is 0 Å². The molecule has 0 spiro atoms. The summed E-state index contributed by atoms with van der Waals surface area (Å²) in [5.74, 6) is -0.0799. The first-order chi connectivity index (χ1) is 7.93. The summed E-state index contributed by atoms with van der Waals surface area (Å²) in [4.78, 5) is 21.8. The second-order valence-corrected chi connectivity index (χ2v) is 4.09. The van der Waals surface area contributed by atoms with E-state index in [-0.39, 0.29) is 29.7 Å². The number of aryl methyl sites for hydroxylation is 1. The first-order valence-corrected chi connectivity index (χ1v) is 5.33. The molecule has 1 rings (SSSR count). The fourth-order valence-corrected chi connectivity index (χ4v) is 1.30. The van der Waals surface area contributed by atoms with Gasteiger partial charge in [-0.05, 0) is 13.0 Å². The molecule has 92 valence electrons. The lowest BCUT2D eigenvalue weighted by atomic mass is 10.1. The summed E-state index contributed by atoms with van der Waals surface area (Å²) in [6.45, 7) is 5.02. The van der Waals surface area contributed by atoms with Crippen LogP contribution >= 0.6 is 0 Å². The topological polar surface area (TPSA) is 69.4 Å². The van der Waals surface area contributed by atoms with Gasteiger partial charge in [0, 0.05) is 11.5 Å². The van der Waals surface area contributed by atoms with E-state index in [1.54, 1.807) is 32.9 Å². The third kappa shape index (κ3) is 3.27. The van der Waals surface area contributed by atoms with Crippen molar-refractivity contribution in [1.29, 1.82) is 0 Å². The van der Waals surface area contributed by atoms with Crippen LogP contribution < -0.4 is 4.74 Å². The summed E-state index contributed by atoms with van der Waals surface area (Å²) >= 11 is 0. The number of ether oxygens (including phenoxy) is 1. The predicted octanol–water partition coefficient (Wildman–Crippen LogP) is 2.51. The number of rotatable bonds is 5. The maximum Gasteiger partial charge on any atom is 0.313 e. The van der Waals surface area contributed by atoms with Crippen molar-refractivity contribution in [3.8, 4) is 5.75 Å². The van der Waals surface area contributed by atoms with Crippen LogP contribution in [-0.4, -0.2) is 17.3 Å². The first kappa shape index (κ1) is 13.2. The van der Waals surface area contributed by atoms with Crippen LogP contribution in [0.15, 0.2) is 18.2 Å². The van der Waals surface area contributed by atoms with E-state index in [4.69, 9.17) is 4.74 Å². The molecule has 0 amide bonds. The van der Waals surface area contributed by atoms with Gasteiger partial charge in [0.1, 0.15) is 6.61 Å². The van der Waals surface area contributed by atoms with Gasteiger partial charge in [0.25, 0.3) is 0 Å². The molecule has 17 heavy (non-hydrogen) atoms. The quantitative estimate of drug-likeness (QED) is 0.582. The minimum Gasteiger partial charge on any atom is -0.479 e. The minimum atomic E-state index is -0.496. The van der Waals surface area contributed by atoms with E-state index in [9.17, 15) is 14.9 Å². The Morgan fingerprint density at radius 1 is 1.47 bits per heavy atom. The van der Waals surface area contributed by atoms with E-state index < -0.39 is 4.92 Å². The van der Waals surface area contributed by atoms with Gasteiger partial charge in [0.15, 0.2) is 11.5 Å². The van der Waals surface area contributed by atoms with E-state index in [1.165, 1.54) is 6.07 Å². The van der Waals surface area contributed by atoms with Gasteiger partial charge < -0.3 is 4.74 Å². The molecule has 0 N–H and O–H groups in total. The second kappa shape index (κ2) is 5.43. The minimum absolute atomic E-state index is 0.0796. The van der Waals surface area contributed by atoms with Gasteiger partial charge in [-0.1, -0.05) is 26.0 Å². The van der Waals surface area contributed by atoms with Crippen molar-refractivity contribution >= 4 is 11.5 Å². The zero-order chi connectivity index (χ0) is 13.0. The lowest BCUT2D eigenvalue weighted by Gasteiger charge is -2.08. The van der Waals surface area contributed by atoms with Crippen LogP contribution in [0.5, 0.6) is 5.75 Å². The Morgan fingerprint density at radius 2 is 2.12 bits per heavy atom. The van der Waals surface area contributed by atoms with Crippen LogP contribution in [0, 0.1) is 23.0 Å². The Kier molecular flexibility index (Phi) is 4.20. The molecule has 5 heteroatoms. The molecule has 0 saturated heterocycles. The molecule has 0 radical (unpaired) electrons. The molecule has 0 bridgehead atoms. The normalized spacial score (nSPS) is 10.4. The Morgan fingerprint density at radius 3 is 2.65 bits per heavy atom. The first-order valence-electron chi connectivity index (χ1n) is 5.33. The highest BCUT2D eigenvalue weighted by Crippen LogP contribution is 2.30. The van der Waals surface area contributed by atoms with Crippen LogP contribution in [0.25, 0.3) is 0 Å². The number of hydrogen-bond donors (Lipinski definition) is 0. The number of hydrogen-bond acceptors (Lipinski definition) is 4. The number of Topliss-reactive ketones (excluding diaryl/α,β-unsaturated/α-hetero) is 1. The SMILES string of the molecule is Cc1cccc(OCC(=O)C(C)C)c1[N+](=O)[O-]. The summed E-state index contributed by atoms with van der Waals surface area (Å²) in [6.07, 6.45) is 0. The van der Waals surface area contributed by atoms with Gasteiger partial charge in [-0.3, -0.25) is 14.9 Å².